The lowest BCUT2D eigenvalue weighted by atomic mass is 9.93. The van der Waals surface area contributed by atoms with Gasteiger partial charge in [0, 0.05) is 19.1 Å². The van der Waals surface area contributed by atoms with Gasteiger partial charge in [-0.15, -0.1) is 0 Å². The maximum Gasteiger partial charge on any atom is 0.315 e. The third kappa shape index (κ3) is 5.61. The van der Waals surface area contributed by atoms with E-state index in [0.717, 1.165) is 11.1 Å². The Morgan fingerprint density at radius 1 is 1.12 bits per heavy atom. The molecule has 3 N–H and O–H groups in total. The van der Waals surface area contributed by atoms with Gasteiger partial charge in [-0.2, -0.15) is 0 Å². The number of hydrogen-bond donors (Lipinski definition) is 3. The second-order valence-corrected chi connectivity index (χ2v) is 6.95. The van der Waals surface area contributed by atoms with Crippen LogP contribution in [0.25, 0.3) is 0 Å². The van der Waals surface area contributed by atoms with Gasteiger partial charge in [-0.1, -0.05) is 60.2 Å². The van der Waals surface area contributed by atoms with Gasteiger partial charge in [0.05, 0.1) is 5.54 Å². The molecule has 0 heterocycles. The Labute approximate surface area is 150 Å². The summed E-state index contributed by atoms with van der Waals surface area (Å²) in [6, 6.07) is 17.9. The predicted molar refractivity (Wildman–Crippen MR) is 102 cm³/mol. The number of aryl methyl sites for hydroxylation is 1. The quantitative estimate of drug-likeness (QED) is 0.720. The summed E-state index contributed by atoms with van der Waals surface area (Å²) in [5.41, 5.74) is 2.89. The van der Waals surface area contributed by atoms with Crippen molar-refractivity contribution in [1.29, 1.82) is 0 Å². The molecule has 4 heteroatoms. The first-order valence-corrected chi connectivity index (χ1v) is 8.71. The second-order valence-electron chi connectivity index (χ2n) is 6.95. The molecule has 0 aliphatic heterocycles. The summed E-state index contributed by atoms with van der Waals surface area (Å²) >= 11 is 0. The van der Waals surface area contributed by atoms with Crippen LogP contribution < -0.4 is 10.6 Å². The van der Waals surface area contributed by atoms with Crippen LogP contribution in [0.3, 0.4) is 0 Å². The molecule has 0 aromatic heterocycles. The third-order valence-electron chi connectivity index (χ3n) is 4.42. The van der Waals surface area contributed by atoms with Gasteiger partial charge in [-0.25, -0.2) is 4.79 Å². The normalized spacial score (nSPS) is 12.5. The maximum absolute atomic E-state index is 12.4. The summed E-state index contributed by atoms with van der Waals surface area (Å²) in [6.45, 7) is 6.60. The van der Waals surface area contributed by atoms with Crippen LogP contribution in [0, 0.1) is 6.92 Å². The molecule has 0 bridgehead atoms. The van der Waals surface area contributed by atoms with E-state index in [4.69, 9.17) is 0 Å². The first kappa shape index (κ1) is 19.0. The summed E-state index contributed by atoms with van der Waals surface area (Å²) in [6.07, 6.45) is 0.617. The Balaban J connectivity index is 1.96. The lowest BCUT2D eigenvalue weighted by Crippen LogP contribution is -2.47. The first-order valence-electron chi connectivity index (χ1n) is 8.71. The van der Waals surface area contributed by atoms with Crippen LogP contribution in [0.2, 0.25) is 0 Å². The largest absolute Gasteiger partial charge is 0.396 e. The van der Waals surface area contributed by atoms with Gasteiger partial charge in [0.2, 0.25) is 0 Å². The van der Waals surface area contributed by atoms with Gasteiger partial charge in [0.1, 0.15) is 0 Å². The van der Waals surface area contributed by atoms with Gasteiger partial charge in [0.15, 0.2) is 0 Å². The molecule has 2 aromatic carbocycles. The number of carbonyl (C=O) groups is 1. The van der Waals surface area contributed by atoms with Crippen molar-refractivity contribution < 1.29 is 9.90 Å². The van der Waals surface area contributed by atoms with Crippen LogP contribution in [-0.4, -0.2) is 24.3 Å². The number of hydrogen-bond acceptors (Lipinski definition) is 2. The van der Waals surface area contributed by atoms with Crippen molar-refractivity contribution in [3.8, 4) is 0 Å². The molecule has 2 rings (SSSR count). The van der Waals surface area contributed by atoms with E-state index in [-0.39, 0.29) is 18.6 Å². The van der Waals surface area contributed by atoms with Crippen LogP contribution in [-0.2, 0) is 5.54 Å². The smallest absolute Gasteiger partial charge is 0.315 e. The summed E-state index contributed by atoms with van der Waals surface area (Å²) < 4.78 is 0. The molecule has 0 saturated carbocycles. The summed E-state index contributed by atoms with van der Waals surface area (Å²) in [4.78, 5) is 12.4. The molecule has 0 spiro atoms. The second kappa shape index (κ2) is 8.67. The highest BCUT2D eigenvalue weighted by Gasteiger charge is 2.23. The van der Waals surface area contributed by atoms with E-state index >= 15 is 0 Å². The number of aliphatic hydroxyl groups is 1. The van der Waals surface area contributed by atoms with Gasteiger partial charge in [0.25, 0.3) is 0 Å². The van der Waals surface area contributed by atoms with Gasteiger partial charge in [-0.3, -0.25) is 0 Å². The van der Waals surface area contributed by atoms with E-state index in [1.165, 1.54) is 5.56 Å². The minimum absolute atomic E-state index is 0.0949. The van der Waals surface area contributed by atoms with E-state index in [0.29, 0.717) is 13.0 Å². The number of rotatable bonds is 7. The van der Waals surface area contributed by atoms with Crippen molar-refractivity contribution in [2.45, 2.75) is 38.6 Å². The van der Waals surface area contributed by atoms with Crippen LogP contribution in [0.4, 0.5) is 4.79 Å². The van der Waals surface area contributed by atoms with E-state index in [1.807, 2.05) is 69.3 Å². The standard InChI is InChI=1S/C21H28N2O2/c1-16-8-7-11-19(14-16)21(2,3)23-20(25)22-15-18(12-13-24)17-9-5-4-6-10-17/h4-11,14,18,24H,12-13,15H2,1-3H3,(H2,22,23,25). The van der Waals surface area contributed by atoms with E-state index in [9.17, 15) is 9.90 Å². The van der Waals surface area contributed by atoms with Crippen molar-refractivity contribution in [2.75, 3.05) is 13.2 Å². The van der Waals surface area contributed by atoms with Crippen molar-refractivity contribution in [3.05, 3.63) is 71.3 Å². The number of nitrogens with one attached hydrogen (secondary N) is 2. The van der Waals surface area contributed by atoms with Crippen molar-refractivity contribution in [1.82, 2.24) is 10.6 Å². The molecule has 2 amide bonds. The van der Waals surface area contributed by atoms with Crippen LogP contribution >= 0.6 is 0 Å². The lowest BCUT2D eigenvalue weighted by molar-refractivity contribution is 0.227. The fourth-order valence-corrected chi connectivity index (χ4v) is 2.92. The number of amides is 2. The predicted octanol–water partition coefficient (Wildman–Crippen LogP) is 3.70. The van der Waals surface area contributed by atoms with Crippen LogP contribution in [0.15, 0.2) is 54.6 Å². The molecular weight excluding hydrogens is 312 g/mol. The van der Waals surface area contributed by atoms with Gasteiger partial charge >= 0.3 is 6.03 Å². The highest BCUT2D eigenvalue weighted by molar-refractivity contribution is 5.75. The van der Waals surface area contributed by atoms with Crippen molar-refractivity contribution in [3.63, 3.8) is 0 Å². The number of carbonyl (C=O) groups excluding carboxylic acids is 1. The Kier molecular flexibility index (Phi) is 6.59. The van der Waals surface area contributed by atoms with E-state index < -0.39 is 5.54 Å². The highest BCUT2D eigenvalue weighted by Crippen LogP contribution is 2.21. The highest BCUT2D eigenvalue weighted by atomic mass is 16.3. The SMILES string of the molecule is Cc1cccc(C(C)(C)NC(=O)NCC(CCO)c2ccccc2)c1. The molecule has 25 heavy (non-hydrogen) atoms. The van der Waals surface area contributed by atoms with Gasteiger partial charge < -0.3 is 15.7 Å². The lowest BCUT2D eigenvalue weighted by Gasteiger charge is -2.28. The zero-order valence-electron chi connectivity index (χ0n) is 15.3. The summed E-state index contributed by atoms with van der Waals surface area (Å²) in [5.74, 6) is 0.0963. The minimum Gasteiger partial charge on any atom is -0.396 e. The molecule has 0 aliphatic carbocycles. The topological polar surface area (TPSA) is 61.4 Å². The van der Waals surface area contributed by atoms with Crippen LogP contribution in [0.1, 0.15) is 42.9 Å². The molecule has 2 aromatic rings. The molecule has 1 atom stereocenters. The molecule has 1 unspecified atom stereocenters. The third-order valence-corrected chi connectivity index (χ3v) is 4.42. The van der Waals surface area contributed by atoms with E-state index in [1.54, 1.807) is 0 Å². The number of aliphatic hydroxyl groups excluding tert-OH is 1. The zero-order chi connectivity index (χ0) is 18.3. The molecule has 4 nitrogen and oxygen atoms in total. The average Bonchev–Trinajstić information content (AvgIpc) is 2.59. The Hall–Kier alpha value is -2.33. The summed E-state index contributed by atoms with van der Waals surface area (Å²) in [7, 11) is 0. The van der Waals surface area contributed by atoms with Crippen LogP contribution in [0.5, 0.6) is 0 Å². The Morgan fingerprint density at radius 2 is 1.84 bits per heavy atom. The summed E-state index contributed by atoms with van der Waals surface area (Å²) in [5, 5.41) is 15.3. The maximum atomic E-state index is 12.4. The minimum atomic E-state index is -0.463. The number of urea groups is 1. The molecule has 0 radical (unpaired) electrons. The Bertz CT molecular complexity index is 683. The van der Waals surface area contributed by atoms with Crippen molar-refractivity contribution >= 4 is 6.03 Å². The fraction of sp³-hybridized carbons (Fsp3) is 0.381. The zero-order valence-corrected chi connectivity index (χ0v) is 15.3. The average molecular weight is 340 g/mol. The van der Waals surface area contributed by atoms with E-state index in [2.05, 4.69) is 16.7 Å². The molecule has 0 aliphatic rings. The molecule has 0 saturated heterocycles. The Morgan fingerprint density at radius 3 is 2.48 bits per heavy atom. The van der Waals surface area contributed by atoms with Crippen molar-refractivity contribution in [2.24, 2.45) is 0 Å². The van der Waals surface area contributed by atoms with Gasteiger partial charge in [-0.05, 0) is 38.3 Å². The first-order chi connectivity index (χ1) is 11.9. The number of benzene rings is 2. The molecular formula is C21H28N2O2. The molecule has 134 valence electrons. The fourth-order valence-electron chi connectivity index (χ4n) is 2.92. The monoisotopic (exact) mass is 340 g/mol. The molecule has 0 fully saturated rings.